The first-order chi connectivity index (χ1) is 14.8. The number of aliphatic hydroxyl groups is 1. The summed E-state index contributed by atoms with van der Waals surface area (Å²) < 4.78 is 54.0. The fraction of sp³-hybridized carbons (Fsp3) is 0.389. The van der Waals surface area contributed by atoms with Gasteiger partial charge in [0.1, 0.15) is 18.1 Å². The Hall–Kier alpha value is -3.48. The second-order valence-electron chi connectivity index (χ2n) is 6.59. The number of halogens is 3. The van der Waals surface area contributed by atoms with E-state index in [9.17, 15) is 22.8 Å². The van der Waals surface area contributed by atoms with Crippen LogP contribution in [0.15, 0.2) is 22.9 Å². The molecule has 1 saturated heterocycles. The molecule has 1 aromatic carbocycles. The zero-order valence-electron chi connectivity index (χ0n) is 16.1. The average molecular weight is 444 g/mol. The summed E-state index contributed by atoms with van der Waals surface area (Å²) in [5, 5.41) is 24.4. The van der Waals surface area contributed by atoms with Gasteiger partial charge in [-0.1, -0.05) is 5.16 Å². The molecule has 3 rings (SSSR count). The normalized spacial score (nSPS) is 15.8. The number of aliphatic hydroxyl groups excluding tert-OH is 1. The molecular weight excluding hydrogens is 425 g/mol. The highest BCUT2D eigenvalue weighted by molar-refractivity contribution is 5.90. The largest absolute Gasteiger partial charge is 0.481 e. The summed E-state index contributed by atoms with van der Waals surface area (Å²) in [4.78, 5) is 24.6. The van der Waals surface area contributed by atoms with Crippen molar-refractivity contribution in [3.05, 3.63) is 35.8 Å². The van der Waals surface area contributed by atoms with E-state index in [1.165, 1.54) is 12.3 Å². The Kier molecular flexibility index (Phi) is 6.84. The standard InChI is InChI=1S/C18H19F3N4O6/c19-11-7-12(15(20)16(21)17(11)24(4-5-26)3-1-14(27)28)25-9-10(31-18(25)29)8-22-13-2-6-30-23-13/h2,6-7,10,26H,1,3-5,8-9H2,(H,22,23)(H,27,28). The van der Waals surface area contributed by atoms with Crippen molar-refractivity contribution in [2.24, 2.45) is 0 Å². The Bertz CT molecular complexity index is 943. The molecule has 10 nitrogen and oxygen atoms in total. The monoisotopic (exact) mass is 444 g/mol. The number of carbonyl (C=O) groups excluding carboxylic acids is 1. The van der Waals surface area contributed by atoms with Crippen molar-refractivity contribution in [3.63, 3.8) is 0 Å². The number of benzene rings is 1. The number of rotatable bonds is 10. The predicted molar refractivity (Wildman–Crippen MR) is 100 cm³/mol. The molecule has 1 aliphatic rings. The van der Waals surface area contributed by atoms with Gasteiger partial charge in [-0.15, -0.1) is 0 Å². The zero-order chi connectivity index (χ0) is 22.5. The van der Waals surface area contributed by atoms with Gasteiger partial charge in [-0.2, -0.15) is 0 Å². The number of hydrogen-bond acceptors (Lipinski definition) is 8. The smallest absolute Gasteiger partial charge is 0.414 e. The van der Waals surface area contributed by atoms with Gasteiger partial charge in [0, 0.05) is 25.2 Å². The van der Waals surface area contributed by atoms with Crippen molar-refractivity contribution in [1.29, 1.82) is 0 Å². The molecule has 0 bridgehead atoms. The number of hydrogen-bond donors (Lipinski definition) is 3. The quantitative estimate of drug-likeness (QED) is 0.470. The molecular formula is C18H19F3N4O6. The summed E-state index contributed by atoms with van der Waals surface area (Å²) in [6, 6.07) is 2.16. The molecule has 2 aromatic rings. The number of carboxylic acids is 1. The number of cyclic esters (lactones) is 1. The molecule has 1 atom stereocenters. The van der Waals surface area contributed by atoms with E-state index in [0.717, 1.165) is 9.80 Å². The maximum atomic E-state index is 14.8. The van der Waals surface area contributed by atoms with Crippen LogP contribution >= 0.6 is 0 Å². The summed E-state index contributed by atoms with van der Waals surface area (Å²) >= 11 is 0. The first-order valence-corrected chi connectivity index (χ1v) is 9.19. The second kappa shape index (κ2) is 9.55. The molecule has 3 N–H and O–H groups in total. The number of ether oxygens (including phenoxy) is 1. The Labute approximate surface area is 173 Å². The molecule has 168 valence electrons. The molecule has 1 aromatic heterocycles. The summed E-state index contributed by atoms with van der Waals surface area (Å²) in [6.45, 7) is -1.30. The topological polar surface area (TPSA) is 128 Å². The van der Waals surface area contributed by atoms with E-state index < -0.39 is 60.0 Å². The lowest BCUT2D eigenvalue weighted by Crippen LogP contribution is -2.32. The second-order valence-corrected chi connectivity index (χ2v) is 6.59. The Morgan fingerprint density at radius 3 is 2.74 bits per heavy atom. The van der Waals surface area contributed by atoms with Crippen molar-refractivity contribution >= 4 is 29.3 Å². The molecule has 1 amide bonds. The van der Waals surface area contributed by atoms with Crippen LogP contribution in [0.3, 0.4) is 0 Å². The lowest BCUT2D eigenvalue weighted by atomic mass is 10.2. The van der Waals surface area contributed by atoms with Gasteiger partial charge in [0.2, 0.25) is 0 Å². The molecule has 1 aliphatic heterocycles. The number of anilines is 3. The van der Waals surface area contributed by atoms with Crippen LogP contribution < -0.4 is 15.1 Å². The van der Waals surface area contributed by atoms with Gasteiger partial charge in [0.15, 0.2) is 23.3 Å². The van der Waals surface area contributed by atoms with Crippen LogP contribution in [-0.4, -0.2) is 66.3 Å². The number of amides is 1. The van der Waals surface area contributed by atoms with Crippen LogP contribution in [0.4, 0.5) is 35.2 Å². The number of nitrogens with zero attached hydrogens (tertiary/aromatic N) is 3. The predicted octanol–water partition coefficient (Wildman–Crippen LogP) is 1.80. The Morgan fingerprint density at radius 1 is 1.32 bits per heavy atom. The van der Waals surface area contributed by atoms with E-state index >= 15 is 0 Å². The molecule has 13 heteroatoms. The fourth-order valence-corrected chi connectivity index (χ4v) is 3.09. The van der Waals surface area contributed by atoms with Crippen LogP contribution in [-0.2, 0) is 9.53 Å². The van der Waals surface area contributed by atoms with E-state index in [-0.39, 0.29) is 26.2 Å². The van der Waals surface area contributed by atoms with Crippen molar-refractivity contribution in [2.45, 2.75) is 12.5 Å². The SMILES string of the molecule is O=C(O)CCN(CCO)c1c(F)cc(N2CC(CNc3ccon3)OC2=O)c(F)c1F. The Morgan fingerprint density at radius 2 is 2.10 bits per heavy atom. The van der Waals surface area contributed by atoms with E-state index in [1.54, 1.807) is 0 Å². The molecule has 1 unspecified atom stereocenters. The summed E-state index contributed by atoms with van der Waals surface area (Å²) in [6.07, 6.45) is -0.902. The van der Waals surface area contributed by atoms with Crippen molar-refractivity contribution in [2.75, 3.05) is 47.9 Å². The number of nitrogens with one attached hydrogen (secondary N) is 1. The van der Waals surface area contributed by atoms with E-state index in [1.807, 2.05) is 0 Å². The van der Waals surface area contributed by atoms with Crippen LogP contribution in [0.1, 0.15) is 6.42 Å². The van der Waals surface area contributed by atoms with Gasteiger partial charge in [-0.3, -0.25) is 9.69 Å². The van der Waals surface area contributed by atoms with Gasteiger partial charge in [-0.25, -0.2) is 18.0 Å². The van der Waals surface area contributed by atoms with Crippen molar-refractivity contribution in [1.82, 2.24) is 5.16 Å². The first-order valence-electron chi connectivity index (χ1n) is 9.19. The van der Waals surface area contributed by atoms with Gasteiger partial charge < -0.3 is 29.7 Å². The summed E-state index contributed by atoms with van der Waals surface area (Å²) in [5.41, 5.74) is -1.48. The highest BCUT2D eigenvalue weighted by Gasteiger charge is 2.36. The third-order valence-corrected chi connectivity index (χ3v) is 4.51. The lowest BCUT2D eigenvalue weighted by Gasteiger charge is -2.25. The Balaban J connectivity index is 1.80. The van der Waals surface area contributed by atoms with Crippen molar-refractivity contribution in [3.8, 4) is 0 Å². The maximum Gasteiger partial charge on any atom is 0.414 e. The van der Waals surface area contributed by atoms with Crippen LogP contribution in [0.5, 0.6) is 0 Å². The van der Waals surface area contributed by atoms with Crippen molar-refractivity contribution < 1.29 is 42.2 Å². The molecule has 0 spiro atoms. The molecule has 0 saturated carbocycles. The lowest BCUT2D eigenvalue weighted by molar-refractivity contribution is -0.136. The summed E-state index contributed by atoms with van der Waals surface area (Å²) in [7, 11) is 0. The highest BCUT2D eigenvalue weighted by atomic mass is 19.2. The van der Waals surface area contributed by atoms with Crippen LogP contribution in [0, 0.1) is 17.5 Å². The van der Waals surface area contributed by atoms with Gasteiger partial charge >= 0.3 is 12.1 Å². The number of carbonyl (C=O) groups is 2. The average Bonchev–Trinajstić information content (AvgIpc) is 3.36. The van der Waals surface area contributed by atoms with E-state index in [0.29, 0.717) is 11.9 Å². The first kappa shape index (κ1) is 22.2. The zero-order valence-corrected chi connectivity index (χ0v) is 16.1. The van der Waals surface area contributed by atoms with E-state index in [4.69, 9.17) is 14.9 Å². The third-order valence-electron chi connectivity index (χ3n) is 4.51. The van der Waals surface area contributed by atoms with Gasteiger partial charge in [0.05, 0.1) is 31.8 Å². The fourth-order valence-electron chi connectivity index (χ4n) is 3.09. The van der Waals surface area contributed by atoms with Crippen LogP contribution in [0.25, 0.3) is 0 Å². The molecule has 0 aliphatic carbocycles. The molecule has 2 heterocycles. The molecule has 0 radical (unpaired) electrons. The molecule has 31 heavy (non-hydrogen) atoms. The minimum Gasteiger partial charge on any atom is -0.481 e. The van der Waals surface area contributed by atoms with Gasteiger partial charge in [-0.05, 0) is 0 Å². The number of aliphatic carboxylic acids is 1. The molecule has 1 fully saturated rings. The van der Waals surface area contributed by atoms with Crippen LogP contribution in [0.2, 0.25) is 0 Å². The highest BCUT2D eigenvalue weighted by Crippen LogP contribution is 2.34. The minimum atomic E-state index is -1.61. The third kappa shape index (κ3) is 4.99. The minimum absolute atomic E-state index is 0.0961. The van der Waals surface area contributed by atoms with E-state index in [2.05, 4.69) is 15.0 Å². The maximum absolute atomic E-state index is 14.8. The number of carboxylic acid groups (broad SMARTS) is 1. The summed E-state index contributed by atoms with van der Waals surface area (Å²) in [5.74, 6) is -5.18. The van der Waals surface area contributed by atoms with Gasteiger partial charge in [0.25, 0.3) is 0 Å². The number of aromatic nitrogens is 1.